The van der Waals surface area contributed by atoms with E-state index in [2.05, 4.69) is 4.90 Å². The first kappa shape index (κ1) is 23.8. The van der Waals surface area contributed by atoms with Gasteiger partial charge in [0.1, 0.15) is 12.0 Å². The lowest BCUT2D eigenvalue weighted by molar-refractivity contribution is -0.115. The lowest BCUT2D eigenvalue weighted by Gasteiger charge is -2.36. The van der Waals surface area contributed by atoms with Crippen LogP contribution in [-0.4, -0.2) is 85.2 Å². The van der Waals surface area contributed by atoms with E-state index in [1.807, 2.05) is 12.0 Å². The molecule has 34 heavy (non-hydrogen) atoms. The summed E-state index contributed by atoms with van der Waals surface area (Å²) in [7, 11) is 3.10. The lowest BCUT2D eigenvalue weighted by Crippen LogP contribution is -2.47. The van der Waals surface area contributed by atoms with Crippen molar-refractivity contribution in [3.05, 3.63) is 53.3 Å². The maximum atomic E-state index is 13.2. The molecular weight excluding hydrogens is 438 g/mol. The number of amides is 2. The zero-order chi connectivity index (χ0) is 24.2. The van der Waals surface area contributed by atoms with Gasteiger partial charge in [0.2, 0.25) is 0 Å². The van der Waals surface area contributed by atoms with Gasteiger partial charge in [0.15, 0.2) is 17.3 Å². The molecule has 0 aromatic heterocycles. The summed E-state index contributed by atoms with van der Waals surface area (Å²) in [4.78, 5) is 47.0. The molecule has 180 valence electrons. The van der Waals surface area contributed by atoms with Crippen LogP contribution in [0.4, 0.5) is 4.79 Å². The molecule has 1 unspecified atom stereocenters. The van der Waals surface area contributed by atoms with Crippen LogP contribution in [0.25, 0.3) is 0 Å². The van der Waals surface area contributed by atoms with Crippen molar-refractivity contribution in [3.8, 4) is 11.5 Å². The number of ether oxygens (including phenoxy) is 2. The van der Waals surface area contributed by atoms with Crippen molar-refractivity contribution in [3.63, 3.8) is 0 Å². The predicted molar refractivity (Wildman–Crippen MR) is 124 cm³/mol. The molecule has 0 saturated carbocycles. The summed E-state index contributed by atoms with van der Waals surface area (Å²) < 4.78 is 10.5. The topological polar surface area (TPSA) is 88.6 Å². The van der Waals surface area contributed by atoms with E-state index in [4.69, 9.17) is 14.3 Å². The molecule has 2 aliphatic heterocycles. The Morgan fingerprint density at radius 2 is 1.88 bits per heavy atom. The largest absolute Gasteiger partial charge is 0.493 e. The molecule has 2 saturated heterocycles. The molecule has 1 aromatic carbocycles. The number of methoxy groups -OCH3 is 2. The predicted octanol–water partition coefficient (Wildman–Crippen LogP) is 2.62. The molecule has 0 radical (unpaired) electrons. The van der Waals surface area contributed by atoms with Crippen LogP contribution in [0.1, 0.15) is 30.1 Å². The van der Waals surface area contributed by atoms with Crippen LogP contribution in [0.15, 0.2) is 47.7 Å². The Morgan fingerprint density at radius 3 is 2.53 bits per heavy atom. The fourth-order valence-corrected chi connectivity index (χ4v) is 4.74. The van der Waals surface area contributed by atoms with Crippen molar-refractivity contribution in [2.24, 2.45) is 0 Å². The second-order valence-electron chi connectivity index (χ2n) is 8.31. The highest BCUT2D eigenvalue weighted by atomic mass is 16.7. The molecule has 2 heterocycles. The number of urea groups is 1. The minimum absolute atomic E-state index is 0.000116. The number of carbonyl (C=O) groups excluding carboxylic acids is 3. The number of benzene rings is 1. The second-order valence-corrected chi connectivity index (χ2v) is 8.31. The molecule has 0 N–H and O–H groups in total. The number of ketones is 1. The van der Waals surface area contributed by atoms with Gasteiger partial charge in [-0.05, 0) is 50.1 Å². The normalized spacial score (nSPS) is 20.8. The molecular formula is C25H29N3O6. The number of likely N-dealkylation sites (tertiary alicyclic amines) is 1. The molecule has 2 fully saturated rings. The van der Waals surface area contributed by atoms with Gasteiger partial charge in [-0.3, -0.25) is 19.4 Å². The van der Waals surface area contributed by atoms with Gasteiger partial charge >= 0.3 is 6.03 Å². The first-order valence-corrected chi connectivity index (χ1v) is 11.4. The monoisotopic (exact) mass is 467 g/mol. The van der Waals surface area contributed by atoms with E-state index in [0.29, 0.717) is 55.2 Å². The fourth-order valence-electron chi connectivity index (χ4n) is 4.74. The van der Waals surface area contributed by atoms with E-state index in [0.717, 1.165) is 5.70 Å². The SMILES string of the molecule is CCON1C(=O)N(C2CCN(CC(=O)c3ccc(OC)c(OC)c3)CC2)C2=CC=CC(=C=O)C21. The Balaban J connectivity index is 1.42. The highest BCUT2D eigenvalue weighted by Gasteiger charge is 2.48. The average molecular weight is 468 g/mol. The minimum atomic E-state index is -0.570. The van der Waals surface area contributed by atoms with E-state index < -0.39 is 6.04 Å². The minimum Gasteiger partial charge on any atom is -0.493 e. The van der Waals surface area contributed by atoms with Crippen molar-refractivity contribution in [2.75, 3.05) is 40.5 Å². The molecule has 3 aliphatic rings. The summed E-state index contributed by atoms with van der Waals surface area (Å²) in [5.74, 6) is 3.04. The maximum absolute atomic E-state index is 13.2. The zero-order valence-corrected chi connectivity index (χ0v) is 19.7. The highest BCUT2D eigenvalue weighted by molar-refractivity contribution is 5.98. The lowest BCUT2D eigenvalue weighted by atomic mass is 9.97. The molecule has 0 spiro atoms. The molecule has 1 aromatic rings. The molecule has 9 heteroatoms. The summed E-state index contributed by atoms with van der Waals surface area (Å²) in [6.07, 6.45) is 6.69. The van der Waals surface area contributed by atoms with Gasteiger partial charge in [-0.1, -0.05) is 6.08 Å². The quantitative estimate of drug-likeness (QED) is 0.429. The van der Waals surface area contributed by atoms with E-state index in [1.54, 1.807) is 56.4 Å². The van der Waals surface area contributed by atoms with Gasteiger partial charge in [-0.15, -0.1) is 0 Å². The highest BCUT2D eigenvalue weighted by Crippen LogP contribution is 2.37. The Labute approximate surface area is 198 Å². The molecule has 9 nitrogen and oxygen atoms in total. The van der Waals surface area contributed by atoms with Gasteiger partial charge in [0.25, 0.3) is 0 Å². The average Bonchev–Trinajstić information content (AvgIpc) is 3.15. The van der Waals surface area contributed by atoms with Crippen molar-refractivity contribution < 1.29 is 28.7 Å². The molecule has 4 rings (SSSR count). The van der Waals surface area contributed by atoms with Crippen LogP contribution in [0.2, 0.25) is 0 Å². The first-order valence-electron chi connectivity index (χ1n) is 11.4. The van der Waals surface area contributed by atoms with E-state index in [9.17, 15) is 14.4 Å². The fraction of sp³-hybridized carbons (Fsp3) is 0.440. The number of hydroxylamine groups is 2. The molecule has 0 bridgehead atoms. The van der Waals surface area contributed by atoms with E-state index >= 15 is 0 Å². The van der Waals surface area contributed by atoms with Gasteiger partial charge in [0.05, 0.1) is 38.6 Å². The summed E-state index contributed by atoms with van der Waals surface area (Å²) in [6, 6.07) is 4.28. The van der Waals surface area contributed by atoms with Gasteiger partial charge < -0.3 is 9.47 Å². The van der Waals surface area contributed by atoms with E-state index in [1.165, 1.54) is 5.06 Å². The summed E-state index contributed by atoms with van der Waals surface area (Å²) >= 11 is 0. The van der Waals surface area contributed by atoms with Crippen LogP contribution >= 0.6 is 0 Å². The Hall–Kier alpha value is -3.39. The number of carbonyl (C=O) groups is 2. The van der Waals surface area contributed by atoms with Crippen molar-refractivity contribution in [1.82, 2.24) is 14.9 Å². The number of nitrogens with zero attached hydrogens (tertiary/aromatic N) is 3. The van der Waals surface area contributed by atoms with Crippen LogP contribution in [0, 0.1) is 0 Å². The van der Waals surface area contributed by atoms with Gasteiger partial charge in [-0.25, -0.2) is 9.59 Å². The number of rotatable bonds is 8. The van der Waals surface area contributed by atoms with E-state index in [-0.39, 0.29) is 24.4 Å². The van der Waals surface area contributed by atoms with Crippen LogP contribution in [-0.2, 0) is 9.63 Å². The van der Waals surface area contributed by atoms with Crippen molar-refractivity contribution in [2.45, 2.75) is 31.8 Å². The molecule has 1 atom stereocenters. The standard InChI is InChI=1S/C25H29N3O6/c1-4-34-28-24-18(16-29)6-5-7-20(24)27(25(28)31)19-10-12-26(13-11-19)15-21(30)17-8-9-22(32-2)23(14-17)33-3/h5-9,14,19,24H,4,10-13,15H2,1-3H3. The molecule has 2 amide bonds. The number of piperidine rings is 1. The third kappa shape index (κ3) is 4.37. The number of fused-ring (bicyclic) bond motifs is 1. The van der Waals surface area contributed by atoms with Crippen LogP contribution in [0.5, 0.6) is 11.5 Å². The second kappa shape index (κ2) is 10.3. The zero-order valence-electron chi connectivity index (χ0n) is 19.7. The van der Waals surface area contributed by atoms with Crippen molar-refractivity contribution in [1.29, 1.82) is 0 Å². The summed E-state index contributed by atoms with van der Waals surface area (Å²) in [5, 5.41) is 1.28. The van der Waals surface area contributed by atoms with Crippen LogP contribution < -0.4 is 9.47 Å². The van der Waals surface area contributed by atoms with Crippen molar-refractivity contribution >= 4 is 17.8 Å². The first-order chi connectivity index (χ1) is 16.5. The third-order valence-corrected chi connectivity index (χ3v) is 6.41. The van der Waals surface area contributed by atoms with Crippen LogP contribution in [0.3, 0.4) is 0 Å². The number of hydrogen-bond acceptors (Lipinski definition) is 7. The Morgan fingerprint density at radius 1 is 1.15 bits per heavy atom. The van der Waals surface area contributed by atoms with Gasteiger partial charge in [0, 0.05) is 24.7 Å². The maximum Gasteiger partial charge on any atom is 0.349 e. The number of Topliss-reactive ketones (excluding diaryl/α,β-unsaturated/α-hetero) is 1. The van der Waals surface area contributed by atoms with Gasteiger partial charge in [-0.2, -0.15) is 5.06 Å². The molecule has 1 aliphatic carbocycles. The Kier molecular flexibility index (Phi) is 7.17. The Bertz CT molecular complexity index is 1070. The number of hydrogen-bond donors (Lipinski definition) is 0. The number of allylic oxidation sites excluding steroid dienone is 2. The summed E-state index contributed by atoms with van der Waals surface area (Å²) in [6.45, 7) is 3.75. The smallest absolute Gasteiger partial charge is 0.349 e. The third-order valence-electron chi connectivity index (χ3n) is 6.41. The summed E-state index contributed by atoms with van der Waals surface area (Å²) in [5.41, 5.74) is 1.68.